The van der Waals surface area contributed by atoms with E-state index in [0.29, 0.717) is 6.42 Å². The Kier molecular flexibility index (Phi) is 3.00. The number of aliphatic carboxylic acids is 1. The normalized spacial score (nSPS) is 16.8. The minimum atomic E-state index is -1.84. The van der Waals surface area contributed by atoms with Crippen molar-refractivity contribution in [3.8, 4) is 0 Å². The summed E-state index contributed by atoms with van der Waals surface area (Å²) in [4.78, 5) is 8.25. The van der Waals surface area contributed by atoms with Gasteiger partial charge in [0.05, 0.1) is 0 Å². The van der Waals surface area contributed by atoms with Crippen LogP contribution in [-0.4, -0.2) is 21.1 Å². The minimum Gasteiger partial charge on any atom is -0.478 e. The number of carbonyl (C=O) groups is 1. The first-order valence-electron chi connectivity index (χ1n) is 2.69. The van der Waals surface area contributed by atoms with Crippen molar-refractivity contribution in [2.75, 3.05) is 0 Å². The van der Waals surface area contributed by atoms with E-state index in [1.165, 1.54) is 0 Å². The van der Waals surface area contributed by atoms with Crippen LogP contribution in [0.25, 0.3) is 0 Å². The molecule has 0 aliphatic heterocycles. The Bertz CT molecular complexity index is 111. The first kappa shape index (κ1) is 8.78. The van der Waals surface area contributed by atoms with Crippen LogP contribution >= 0.6 is 12.6 Å². The average Bonchev–Trinajstić information content (AvgIpc) is 1.65. The summed E-state index contributed by atoms with van der Waals surface area (Å²) >= 11 is 3.52. The largest absolute Gasteiger partial charge is 0.478 e. The molecule has 0 aliphatic rings. The first-order chi connectivity index (χ1) is 4.00. The lowest BCUT2D eigenvalue weighted by atomic mass is 10.2. The van der Waals surface area contributed by atoms with Gasteiger partial charge in [-0.05, 0) is 6.42 Å². The van der Waals surface area contributed by atoms with E-state index < -0.39 is 10.9 Å². The van der Waals surface area contributed by atoms with Gasteiger partial charge in [-0.15, -0.1) is 12.6 Å². The third kappa shape index (κ3) is 2.72. The molecule has 0 bridgehead atoms. The van der Waals surface area contributed by atoms with Gasteiger partial charge in [0.2, 0.25) is 4.93 Å². The second kappa shape index (κ2) is 3.08. The number of hydrogen-bond donors (Lipinski definition) is 3. The minimum absolute atomic E-state index is 0.172. The predicted molar refractivity (Wildman–Crippen MR) is 36.5 cm³/mol. The van der Waals surface area contributed by atoms with Crippen LogP contribution in [0, 0.1) is 0 Å². The van der Waals surface area contributed by atoms with Crippen LogP contribution in [0.2, 0.25) is 0 Å². The molecule has 0 aliphatic carbocycles. The van der Waals surface area contributed by atoms with Crippen molar-refractivity contribution in [2.24, 2.45) is 0 Å². The molecule has 0 saturated heterocycles. The van der Waals surface area contributed by atoms with Crippen LogP contribution in [0.15, 0.2) is 0 Å². The van der Waals surface area contributed by atoms with Gasteiger partial charge in [0, 0.05) is 0 Å². The highest BCUT2D eigenvalue weighted by Gasteiger charge is 2.29. The lowest BCUT2D eigenvalue weighted by Crippen LogP contribution is -2.31. The first-order valence-corrected chi connectivity index (χ1v) is 3.13. The Morgan fingerprint density at radius 1 is 1.78 bits per heavy atom. The van der Waals surface area contributed by atoms with Gasteiger partial charge in [0.25, 0.3) is 0 Å². The highest BCUT2D eigenvalue weighted by atomic mass is 32.1. The van der Waals surface area contributed by atoms with Crippen molar-refractivity contribution < 1.29 is 15.0 Å². The summed E-state index contributed by atoms with van der Waals surface area (Å²) < 4.78 is 0. The SMILES string of the molecule is CCCC(O)(S)C(=O)O. The van der Waals surface area contributed by atoms with E-state index in [1.54, 1.807) is 6.92 Å². The molecule has 1 unspecified atom stereocenters. The number of carboxylic acids is 1. The topological polar surface area (TPSA) is 57.5 Å². The van der Waals surface area contributed by atoms with Gasteiger partial charge in [0.15, 0.2) is 0 Å². The van der Waals surface area contributed by atoms with Gasteiger partial charge >= 0.3 is 5.97 Å². The second-order valence-corrected chi connectivity index (χ2v) is 2.61. The fraction of sp³-hybridized carbons (Fsp3) is 0.800. The number of carboxylic acid groups (broad SMARTS) is 1. The molecule has 0 amide bonds. The van der Waals surface area contributed by atoms with Crippen LogP contribution < -0.4 is 0 Å². The number of rotatable bonds is 3. The molecule has 0 fully saturated rings. The average molecular weight is 150 g/mol. The molecule has 0 aromatic carbocycles. The predicted octanol–water partition coefficient (Wildman–Crippen LogP) is 0.490. The highest BCUT2D eigenvalue weighted by Crippen LogP contribution is 2.16. The van der Waals surface area contributed by atoms with E-state index in [-0.39, 0.29) is 6.42 Å². The molecule has 1 atom stereocenters. The summed E-state index contributed by atoms with van der Waals surface area (Å²) in [6, 6.07) is 0. The molecule has 0 aromatic heterocycles. The third-order valence-electron chi connectivity index (χ3n) is 0.941. The summed E-state index contributed by atoms with van der Waals surface area (Å²) in [5, 5.41) is 17.1. The standard InChI is InChI=1S/C5H10O3S/c1-2-3-5(8,9)4(6)7/h8-9H,2-3H2,1H3,(H,6,7). The fourth-order valence-corrected chi connectivity index (χ4v) is 0.679. The summed E-state index contributed by atoms with van der Waals surface area (Å²) in [7, 11) is 0. The molecule has 0 spiro atoms. The van der Waals surface area contributed by atoms with Gasteiger partial charge < -0.3 is 10.2 Å². The van der Waals surface area contributed by atoms with Crippen molar-refractivity contribution in [1.29, 1.82) is 0 Å². The van der Waals surface area contributed by atoms with Crippen molar-refractivity contribution in [2.45, 2.75) is 24.7 Å². The Hall–Kier alpha value is -0.220. The maximum atomic E-state index is 10.1. The lowest BCUT2D eigenvalue weighted by Gasteiger charge is -2.14. The van der Waals surface area contributed by atoms with Crippen LogP contribution in [0.3, 0.4) is 0 Å². The van der Waals surface area contributed by atoms with Gasteiger partial charge in [0.1, 0.15) is 0 Å². The van der Waals surface area contributed by atoms with Crippen molar-refractivity contribution in [3.63, 3.8) is 0 Å². The zero-order valence-electron chi connectivity index (χ0n) is 5.16. The smallest absolute Gasteiger partial charge is 0.346 e. The van der Waals surface area contributed by atoms with Gasteiger partial charge in [-0.3, -0.25) is 0 Å². The molecular weight excluding hydrogens is 140 g/mol. The Morgan fingerprint density at radius 2 is 2.22 bits per heavy atom. The maximum absolute atomic E-state index is 10.1. The Labute approximate surface area is 59.1 Å². The molecular formula is C5H10O3S. The van der Waals surface area contributed by atoms with E-state index in [1.807, 2.05) is 0 Å². The summed E-state index contributed by atoms with van der Waals surface area (Å²) in [6.45, 7) is 1.78. The molecule has 0 saturated carbocycles. The van der Waals surface area contributed by atoms with Gasteiger partial charge in [-0.25, -0.2) is 4.79 Å². The van der Waals surface area contributed by atoms with Gasteiger partial charge in [-0.1, -0.05) is 13.3 Å². The summed E-state index contributed by atoms with van der Waals surface area (Å²) in [5.41, 5.74) is 0. The monoisotopic (exact) mass is 150 g/mol. The Morgan fingerprint density at radius 3 is 2.33 bits per heavy atom. The number of hydrogen-bond acceptors (Lipinski definition) is 3. The third-order valence-corrected chi connectivity index (χ3v) is 1.36. The number of aliphatic hydroxyl groups is 1. The van der Waals surface area contributed by atoms with E-state index in [9.17, 15) is 4.79 Å². The van der Waals surface area contributed by atoms with E-state index in [0.717, 1.165) is 0 Å². The molecule has 0 radical (unpaired) electrons. The Balaban J connectivity index is 3.85. The van der Waals surface area contributed by atoms with E-state index >= 15 is 0 Å². The molecule has 54 valence electrons. The van der Waals surface area contributed by atoms with Crippen LogP contribution in [0.1, 0.15) is 19.8 Å². The molecule has 3 nitrogen and oxygen atoms in total. The molecule has 0 heterocycles. The summed E-state index contributed by atoms with van der Waals surface area (Å²) in [5.74, 6) is -1.28. The molecule has 2 N–H and O–H groups in total. The zero-order valence-corrected chi connectivity index (χ0v) is 6.06. The molecule has 0 aromatic rings. The molecule has 4 heteroatoms. The fourth-order valence-electron chi connectivity index (χ4n) is 0.456. The summed E-state index contributed by atoms with van der Waals surface area (Å²) in [6.07, 6.45) is 0.776. The second-order valence-electron chi connectivity index (χ2n) is 1.87. The molecule has 9 heavy (non-hydrogen) atoms. The maximum Gasteiger partial charge on any atom is 0.346 e. The van der Waals surface area contributed by atoms with Crippen LogP contribution in [-0.2, 0) is 4.79 Å². The lowest BCUT2D eigenvalue weighted by molar-refractivity contribution is -0.149. The van der Waals surface area contributed by atoms with E-state index in [4.69, 9.17) is 10.2 Å². The quantitative estimate of drug-likeness (QED) is 0.405. The van der Waals surface area contributed by atoms with E-state index in [2.05, 4.69) is 12.6 Å². The highest BCUT2D eigenvalue weighted by molar-refractivity contribution is 7.82. The van der Waals surface area contributed by atoms with Gasteiger partial charge in [-0.2, -0.15) is 0 Å². The van der Waals surface area contributed by atoms with Crippen molar-refractivity contribution in [1.82, 2.24) is 0 Å². The molecule has 0 rings (SSSR count). The number of thiol groups is 1. The zero-order chi connectivity index (χ0) is 7.49. The van der Waals surface area contributed by atoms with Crippen LogP contribution in [0.4, 0.5) is 0 Å². The van der Waals surface area contributed by atoms with Crippen LogP contribution in [0.5, 0.6) is 0 Å². The van der Waals surface area contributed by atoms with Crippen molar-refractivity contribution in [3.05, 3.63) is 0 Å². The van der Waals surface area contributed by atoms with Crippen molar-refractivity contribution >= 4 is 18.6 Å².